The number of hydrogen-bond donors (Lipinski definition) is 2. The van der Waals surface area contributed by atoms with E-state index in [1.54, 1.807) is 16.8 Å². The number of carbonyl (C=O) groups excluding carboxylic acids is 1. The zero-order valence-corrected chi connectivity index (χ0v) is 10.8. The summed E-state index contributed by atoms with van der Waals surface area (Å²) in [6.07, 6.45) is 0.615. The van der Waals surface area contributed by atoms with Crippen LogP contribution < -0.4 is 10.2 Å². The van der Waals surface area contributed by atoms with Crippen molar-refractivity contribution in [2.45, 2.75) is 13.0 Å². The van der Waals surface area contributed by atoms with E-state index in [0.717, 1.165) is 16.9 Å². The molecule has 98 valence electrons. The van der Waals surface area contributed by atoms with Crippen LogP contribution in [-0.2, 0) is 6.54 Å². The molecule has 0 saturated heterocycles. The largest absolute Gasteiger partial charge is 0.396 e. The summed E-state index contributed by atoms with van der Waals surface area (Å²) in [6.45, 7) is 1.31. The number of nitrogens with zero attached hydrogens (tertiary/aromatic N) is 2. The first-order valence-electron chi connectivity index (χ1n) is 6.11. The zero-order chi connectivity index (χ0) is 13.1. The van der Waals surface area contributed by atoms with E-state index in [-0.39, 0.29) is 12.6 Å². The lowest BCUT2D eigenvalue weighted by Crippen LogP contribution is -2.45. The van der Waals surface area contributed by atoms with E-state index in [2.05, 4.69) is 5.32 Å². The molecule has 0 atom stereocenters. The van der Waals surface area contributed by atoms with E-state index in [0.29, 0.717) is 19.5 Å². The van der Waals surface area contributed by atoms with Crippen LogP contribution in [0.5, 0.6) is 0 Å². The van der Waals surface area contributed by atoms with Crippen molar-refractivity contribution < 1.29 is 9.90 Å². The first-order valence-corrected chi connectivity index (χ1v) is 6.11. The summed E-state index contributed by atoms with van der Waals surface area (Å²) in [5.74, 6) is 0. The number of rotatable bonds is 4. The minimum atomic E-state index is -0.01000. The van der Waals surface area contributed by atoms with Crippen molar-refractivity contribution in [2.24, 2.45) is 0 Å². The van der Waals surface area contributed by atoms with Gasteiger partial charge in [0.2, 0.25) is 0 Å². The summed E-state index contributed by atoms with van der Waals surface area (Å²) < 4.78 is 0. The monoisotopic (exact) mass is 249 g/mol. The Bertz CT molecular complexity index is 448. The fourth-order valence-electron chi connectivity index (χ4n) is 2.19. The maximum absolute atomic E-state index is 12.1. The van der Waals surface area contributed by atoms with Crippen molar-refractivity contribution in [2.75, 3.05) is 37.5 Å². The van der Waals surface area contributed by atoms with Gasteiger partial charge in [-0.3, -0.25) is 4.90 Å². The van der Waals surface area contributed by atoms with Crippen molar-refractivity contribution in [3.63, 3.8) is 0 Å². The van der Waals surface area contributed by atoms with Gasteiger partial charge in [-0.15, -0.1) is 0 Å². The Morgan fingerprint density at radius 1 is 1.44 bits per heavy atom. The lowest BCUT2D eigenvalue weighted by molar-refractivity contribution is 0.190. The number of urea groups is 1. The van der Waals surface area contributed by atoms with E-state index < -0.39 is 0 Å². The van der Waals surface area contributed by atoms with E-state index in [4.69, 9.17) is 5.11 Å². The number of hydrogen-bond acceptors (Lipinski definition) is 3. The number of nitrogens with one attached hydrogen (secondary N) is 1. The quantitative estimate of drug-likeness (QED) is 0.850. The van der Waals surface area contributed by atoms with Crippen LogP contribution in [0.3, 0.4) is 0 Å². The molecule has 0 aromatic heterocycles. The predicted molar refractivity (Wildman–Crippen MR) is 71.9 cm³/mol. The second-order valence-corrected chi connectivity index (χ2v) is 4.43. The van der Waals surface area contributed by atoms with Gasteiger partial charge >= 0.3 is 6.03 Å². The highest BCUT2D eigenvalue weighted by atomic mass is 16.3. The number of aliphatic hydroxyl groups excluding tert-OH is 1. The van der Waals surface area contributed by atoms with Crippen molar-refractivity contribution in [3.05, 3.63) is 23.8 Å². The van der Waals surface area contributed by atoms with Crippen LogP contribution in [0, 0.1) is 0 Å². The molecule has 1 aromatic carbocycles. The number of carbonyl (C=O) groups is 1. The Morgan fingerprint density at radius 3 is 2.89 bits per heavy atom. The highest BCUT2D eigenvalue weighted by Gasteiger charge is 2.27. The maximum atomic E-state index is 12.1. The molecule has 0 spiro atoms. The third-order valence-corrected chi connectivity index (χ3v) is 3.24. The Hall–Kier alpha value is -1.75. The summed E-state index contributed by atoms with van der Waals surface area (Å²) in [6, 6.07) is 6.02. The van der Waals surface area contributed by atoms with Gasteiger partial charge in [-0.1, -0.05) is 6.07 Å². The van der Waals surface area contributed by atoms with Gasteiger partial charge in [0.25, 0.3) is 0 Å². The minimum Gasteiger partial charge on any atom is -0.396 e. The summed E-state index contributed by atoms with van der Waals surface area (Å²) in [4.78, 5) is 15.6. The minimum absolute atomic E-state index is 0.01000. The molecule has 1 aliphatic rings. The first kappa shape index (κ1) is 12.7. The molecule has 18 heavy (non-hydrogen) atoms. The highest BCUT2D eigenvalue weighted by molar-refractivity contribution is 5.95. The third-order valence-electron chi connectivity index (χ3n) is 3.24. The summed E-state index contributed by atoms with van der Waals surface area (Å²) in [5, 5.41) is 11.9. The van der Waals surface area contributed by atoms with Crippen LogP contribution in [-0.4, -0.2) is 43.3 Å². The van der Waals surface area contributed by atoms with E-state index in [1.807, 2.05) is 25.2 Å². The van der Waals surface area contributed by atoms with Crippen molar-refractivity contribution in [1.29, 1.82) is 0 Å². The molecule has 0 fully saturated rings. The average Bonchev–Trinajstić information content (AvgIpc) is 2.41. The van der Waals surface area contributed by atoms with Crippen LogP contribution in [0.25, 0.3) is 0 Å². The Balaban J connectivity index is 2.26. The van der Waals surface area contributed by atoms with Gasteiger partial charge in [-0.25, -0.2) is 4.79 Å². The fourth-order valence-corrected chi connectivity index (χ4v) is 2.19. The smallest absolute Gasteiger partial charge is 0.324 e. The van der Waals surface area contributed by atoms with E-state index in [9.17, 15) is 4.79 Å². The van der Waals surface area contributed by atoms with E-state index in [1.165, 1.54) is 0 Å². The van der Waals surface area contributed by atoms with Crippen LogP contribution in [0.15, 0.2) is 18.2 Å². The SMILES string of the molecule is CNc1ccc2c(c1)N(C)C(=O)N(CCCO)C2. The number of anilines is 2. The molecular formula is C13H19N3O2. The lowest BCUT2D eigenvalue weighted by atomic mass is 10.1. The molecule has 5 heteroatoms. The van der Waals surface area contributed by atoms with Gasteiger partial charge < -0.3 is 15.3 Å². The standard InChI is InChI=1S/C13H19N3O2/c1-14-11-5-4-10-9-16(6-3-7-17)13(18)15(2)12(10)8-11/h4-5,8,14,17H,3,6-7,9H2,1-2H3. The molecule has 0 radical (unpaired) electrons. The van der Waals surface area contributed by atoms with Crippen LogP contribution in [0.1, 0.15) is 12.0 Å². The summed E-state index contributed by atoms with van der Waals surface area (Å²) >= 11 is 0. The van der Waals surface area contributed by atoms with Crippen molar-refractivity contribution >= 4 is 17.4 Å². The predicted octanol–water partition coefficient (Wildman–Crippen LogP) is 1.48. The fraction of sp³-hybridized carbons (Fsp3) is 0.462. The number of benzene rings is 1. The molecule has 1 aromatic rings. The van der Waals surface area contributed by atoms with Gasteiger partial charge in [0.05, 0.1) is 5.69 Å². The average molecular weight is 249 g/mol. The van der Waals surface area contributed by atoms with Crippen LogP contribution in [0.2, 0.25) is 0 Å². The van der Waals surface area contributed by atoms with Gasteiger partial charge in [0, 0.05) is 39.5 Å². The van der Waals surface area contributed by atoms with Gasteiger partial charge in [0.15, 0.2) is 0 Å². The number of fused-ring (bicyclic) bond motifs is 1. The molecule has 1 aliphatic heterocycles. The first-order chi connectivity index (χ1) is 8.67. The summed E-state index contributed by atoms with van der Waals surface area (Å²) in [5.41, 5.74) is 3.08. The molecule has 1 heterocycles. The van der Waals surface area contributed by atoms with Gasteiger partial charge in [-0.2, -0.15) is 0 Å². The van der Waals surface area contributed by atoms with Crippen molar-refractivity contribution in [3.8, 4) is 0 Å². The van der Waals surface area contributed by atoms with Gasteiger partial charge in [-0.05, 0) is 24.1 Å². The second kappa shape index (κ2) is 5.27. The molecule has 0 bridgehead atoms. The van der Waals surface area contributed by atoms with Crippen LogP contribution in [0.4, 0.5) is 16.2 Å². The second-order valence-electron chi connectivity index (χ2n) is 4.43. The molecular weight excluding hydrogens is 230 g/mol. The van der Waals surface area contributed by atoms with E-state index >= 15 is 0 Å². The topological polar surface area (TPSA) is 55.8 Å². The Labute approximate surface area is 107 Å². The zero-order valence-electron chi connectivity index (χ0n) is 10.8. The van der Waals surface area contributed by atoms with Crippen LogP contribution >= 0.6 is 0 Å². The number of amides is 2. The molecule has 0 unspecified atom stereocenters. The van der Waals surface area contributed by atoms with Gasteiger partial charge in [0.1, 0.15) is 0 Å². The number of aliphatic hydroxyl groups is 1. The Kier molecular flexibility index (Phi) is 3.72. The van der Waals surface area contributed by atoms with Crippen molar-refractivity contribution in [1.82, 2.24) is 4.90 Å². The molecule has 2 rings (SSSR count). The molecule has 2 N–H and O–H groups in total. The Morgan fingerprint density at radius 2 is 2.22 bits per heavy atom. The maximum Gasteiger partial charge on any atom is 0.324 e. The molecule has 5 nitrogen and oxygen atoms in total. The summed E-state index contributed by atoms with van der Waals surface area (Å²) in [7, 11) is 3.64. The molecule has 2 amide bonds. The molecule has 0 saturated carbocycles. The third kappa shape index (κ3) is 2.26. The lowest BCUT2D eigenvalue weighted by Gasteiger charge is -2.35. The normalized spacial score (nSPS) is 14.7. The highest BCUT2D eigenvalue weighted by Crippen LogP contribution is 2.30. The molecule has 0 aliphatic carbocycles.